The van der Waals surface area contributed by atoms with Crippen molar-refractivity contribution in [3.63, 3.8) is 0 Å². The summed E-state index contributed by atoms with van der Waals surface area (Å²) < 4.78 is 6.32. The molecule has 1 aromatic carbocycles. The predicted octanol–water partition coefficient (Wildman–Crippen LogP) is 3.44. The second-order valence-corrected chi connectivity index (χ2v) is 7.82. The number of hydrogen-bond acceptors (Lipinski definition) is 3. The van der Waals surface area contributed by atoms with Crippen LogP contribution >= 0.6 is 28.3 Å². The van der Waals surface area contributed by atoms with Gasteiger partial charge >= 0.3 is 0 Å². The van der Waals surface area contributed by atoms with Crippen LogP contribution in [0.15, 0.2) is 22.7 Å². The Morgan fingerprint density at radius 1 is 1.33 bits per heavy atom. The molecule has 2 fully saturated rings. The summed E-state index contributed by atoms with van der Waals surface area (Å²) in [6, 6.07) is 6.38. The Kier molecular flexibility index (Phi) is 6.96. The Labute approximate surface area is 158 Å². The van der Waals surface area contributed by atoms with Gasteiger partial charge in [0.1, 0.15) is 5.75 Å². The largest absolute Gasteiger partial charge is 0.496 e. The quantitative estimate of drug-likeness (QED) is 0.788. The van der Waals surface area contributed by atoms with Gasteiger partial charge in [-0.25, -0.2) is 0 Å². The molecule has 1 amide bonds. The molecule has 134 valence electrons. The Balaban J connectivity index is 0.00000208. The maximum atomic E-state index is 12.6. The van der Waals surface area contributed by atoms with Crippen molar-refractivity contribution in [2.75, 3.05) is 7.11 Å². The molecule has 0 aromatic heterocycles. The highest BCUT2D eigenvalue weighted by atomic mass is 79.9. The Hall–Kier alpha value is -0.780. The maximum Gasteiger partial charge on any atom is 0.224 e. The molecule has 2 saturated carbocycles. The third kappa shape index (κ3) is 4.44. The number of fused-ring (bicyclic) bond motifs is 2. The van der Waals surface area contributed by atoms with Gasteiger partial charge in [-0.15, -0.1) is 12.4 Å². The summed E-state index contributed by atoms with van der Waals surface area (Å²) in [5, 5.41) is 3.30. The lowest BCUT2D eigenvalue weighted by Gasteiger charge is -2.45. The van der Waals surface area contributed by atoms with Gasteiger partial charge in [0.25, 0.3) is 0 Å². The van der Waals surface area contributed by atoms with Crippen molar-refractivity contribution < 1.29 is 9.53 Å². The van der Waals surface area contributed by atoms with Gasteiger partial charge in [0.05, 0.1) is 13.5 Å². The molecule has 0 saturated heterocycles. The van der Waals surface area contributed by atoms with Gasteiger partial charge in [0.2, 0.25) is 5.91 Å². The van der Waals surface area contributed by atoms with Gasteiger partial charge in [0, 0.05) is 22.1 Å². The van der Waals surface area contributed by atoms with Crippen LogP contribution in [0.25, 0.3) is 0 Å². The standard InChI is InChI=1S/C18H25BrN2O2.ClH/c1-23-16-6-5-14(19)7-13(16)10-17(22)21-18-11-3-2-4-12(18)9-15(20)8-11;/h5-7,11-12,15,18H,2-4,8-10,20H2,1H3,(H,21,22);1H. The SMILES string of the molecule is COc1ccc(Br)cc1CC(=O)NC1C2CCCC1CC(N)C2.Cl. The summed E-state index contributed by atoms with van der Waals surface area (Å²) >= 11 is 3.46. The van der Waals surface area contributed by atoms with Gasteiger partial charge in [-0.1, -0.05) is 22.4 Å². The van der Waals surface area contributed by atoms with Crippen LogP contribution in [0.4, 0.5) is 0 Å². The molecule has 0 spiro atoms. The van der Waals surface area contributed by atoms with Gasteiger partial charge in [-0.05, 0) is 55.7 Å². The zero-order chi connectivity index (χ0) is 16.4. The van der Waals surface area contributed by atoms with E-state index >= 15 is 0 Å². The van der Waals surface area contributed by atoms with E-state index in [-0.39, 0.29) is 18.3 Å². The van der Waals surface area contributed by atoms with Crippen LogP contribution in [0, 0.1) is 11.8 Å². The molecule has 3 rings (SSSR count). The second-order valence-electron chi connectivity index (χ2n) is 6.91. The van der Waals surface area contributed by atoms with E-state index in [1.54, 1.807) is 7.11 Å². The van der Waals surface area contributed by atoms with Gasteiger partial charge in [-0.3, -0.25) is 4.79 Å². The van der Waals surface area contributed by atoms with Crippen molar-refractivity contribution in [3.8, 4) is 5.75 Å². The third-order valence-electron chi connectivity index (χ3n) is 5.30. The number of methoxy groups -OCH3 is 1. The van der Waals surface area contributed by atoms with E-state index in [9.17, 15) is 4.79 Å². The van der Waals surface area contributed by atoms with E-state index in [4.69, 9.17) is 10.5 Å². The molecular formula is C18H26BrClN2O2. The molecule has 2 aliphatic carbocycles. The fourth-order valence-electron chi connectivity index (χ4n) is 4.32. The van der Waals surface area contributed by atoms with Crippen molar-refractivity contribution in [1.82, 2.24) is 5.32 Å². The molecule has 4 nitrogen and oxygen atoms in total. The Bertz CT molecular complexity index is 570. The molecule has 0 heterocycles. The van der Waals surface area contributed by atoms with Crippen LogP contribution in [0.2, 0.25) is 0 Å². The van der Waals surface area contributed by atoms with E-state index in [2.05, 4.69) is 21.2 Å². The number of ether oxygens (including phenoxy) is 1. The average Bonchev–Trinajstić information content (AvgIpc) is 2.48. The number of benzene rings is 1. The smallest absolute Gasteiger partial charge is 0.224 e. The van der Waals surface area contributed by atoms with Crippen molar-refractivity contribution >= 4 is 34.2 Å². The van der Waals surface area contributed by atoms with Crippen LogP contribution in [-0.2, 0) is 11.2 Å². The topological polar surface area (TPSA) is 64.3 Å². The van der Waals surface area contributed by atoms with E-state index in [0.29, 0.717) is 30.3 Å². The zero-order valence-corrected chi connectivity index (χ0v) is 16.4. The van der Waals surface area contributed by atoms with Crippen molar-refractivity contribution in [2.45, 2.75) is 50.6 Å². The summed E-state index contributed by atoms with van der Waals surface area (Å²) in [7, 11) is 1.64. The highest BCUT2D eigenvalue weighted by Crippen LogP contribution is 2.39. The lowest BCUT2D eigenvalue weighted by Crippen LogP contribution is -2.54. The van der Waals surface area contributed by atoms with Crippen LogP contribution in [-0.4, -0.2) is 25.1 Å². The number of carbonyl (C=O) groups is 1. The number of carbonyl (C=O) groups excluding carboxylic acids is 1. The number of nitrogens with one attached hydrogen (secondary N) is 1. The van der Waals surface area contributed by atoms with E-state index in [0.717, 1.165) is 28.6 Å². The number of rotatable bonds is 4. The first kappa shape index (κ1) is 19.5. The average molecular weight is 418 g/mol. The maximum absolute atomic E-state index is 12.6. The molecule has 2 unspecified atom stereocenters. The predicted molar refractivity (Wildman–Crippen MR) is 102 cm³/mol. The summed E-state index contributed by atoms with van der Waals surface area (Å²) in [5.41, 5.74) is 7.08. The van der Waals surface area contributed by atoms with E-state index < -0.39 is 0 Å². The lowest BCUT2D eigenvalue weighted by molar-refractivity contribution is -0.122. The van der Waals surface area contributed by atoms with E-state index in [1.807, 2.05) is 18.2 Å². The normalized spacial score (nSPS) is 28.6. The van der Waals surface area contributed by atoms with Gasteiger partial charge < -0.3 is 15.8 Å². The number of nitrogens with two attached hydrogens (primary N) is 1. The fraction of sp³-hybridized carbons (Fsp3) is 0.611. The Morgan fingerprint density at radius 2 is 2.00 bits per heavy atom. The second kappa shape index (κ2) is 8.54. The summed E-state index contributed by atoms with van der Waals surface area (Å²) in [5.74, 6) is 1.93. The Morgan fingerprint density at radius 3 is 2.62 bits per heavy atom. The van der Waals surface area contributed by atoms with Crippen LogP contribution in [0.5, 0.6) is 5.75 Å². The van der Waals surface area contributed by atoms with Crippen LogP contribution in [0.1, 0.15) is 37.7 Å². The molecule has 3 N–H and O–H groups in total. The minimum atomic E-state index is 0. The molecule has 2 atom stereocenters. The van der Waals surface area contributed by atoms with Crippen molar-refractivity contribution in [3.05, 3.63) is 28.2 Å². The first-order chi connectivity index (χ1) is 11.1. The number of amides is 1. The minimum absolute atomic E-state index is 0. The third-order valence-corrected chi connectivity index (χ3v) is 5.79. The van der Waals surface area contributed by atoms with Crippen LogP contribution < -0.4 is 15.8 Å². The van der Waals surface area contributed by atoms with E-state index in [1.165, 1.54) is 19.3 Å². The summed E-state index contributed by atoms with van der Waals surface area (Å²) in [4.78, 5) is 12.6. The molecule has 24 heavy (non-hydrogen) atoms. The van der Waals surface area contributed by atoms with Crippen LogP contribution in [0.3, 0.4) is 0 Å². The minimum Gasteiger partial charge on any atom is -0.496 e. The fourth-order valence-corrected chi connectivity index (χ4v) is 4.73. The van der Waals surface area contributed by atoms with Gasteiger partial charge in [-0.2, -0.15) is 0 Å². The number of hydrogen-bond donors (Lipinski definition) is 2. The summed E-state index contributed by atoms with van der Waals surface area (Å²) in [6.07, 6.45) is 6.09. The lowest BCUT2D eigenvalue weighted by atomic mass is 9.67. The molecule has 0 radical (unpaired) electrons. The molecular weight excluding hydrogens is 392 g/mol. The molecule has 2 aliphatic rings. The zero-order valence-electron chi connectivity index (χ0n) is 14.0. The van der Waals surface area contributed by atoms with Crippen molar-refractivity contribution in [2.24, 2.45) is 17.6 Å². The molecule has 1 aromatic rings. The highest BCUT2D eigenvalue weighted by Gasteiger charge is 2.39. The first-order valence-electron chi connectivity index (χ1n) is 8.44. The van der Waals surface area contributed by atoms with Gasteiger partial charge in [0.15, 0.2) is 0 Å². The first-order valence-corrected chi connectivity index (χ1v) is 9.23. The van der Waals surface area contributed by atoms with Crippen molar-refractivity contribution in [1.29, 1.82) is 0 Å². The molecule has 0 aliphatic heterocycles. The molecule has 2 bridgehead atoms. The highest BCUT2D eigenvalue weighted by molar-refractivity contribution is 9.10. The number of halogens is 2. The molecule has 6 heteroatoms. The monoisotopic (exact) mass is 416 g/mol. The summed E-state index contributed by atoms with van der Waals surface area (Å²) in [6.45, 7) is 0.